The third kappa shape index (κ3) is 5.70. The van der Waals surface area contributed by atoms with E-state index >= 15 is 0 Å². The number of hydrogen-bond donors (Lipinski definition) is 2. The fourth-order valence-corrected chi connectivity index (χ4v) is 6.19. The number of rotatable bonds is 6. The van der Waals surface area contributed by atoms with E-state index in [4.69, 9.17) is 0 Å². The number of nitrogens with zero attached hydrogens (tertiary/aromatic N) is 4. The molecule has 0 saturated carbocycles. The second-order valence-corrected chi connectivity index (χ2v) is 10.9. The highest BCUT2D eigenvalue weighted by Gasteiger charge is 2.38. The van der Waals surface area contributed by atoms with Crippen LogP contribution in [0.3, 0.4) is 0 Å². The Hall–Kier alpha value is -3.39. The van der Waals surface area contributed by atoms with Crippen molar-refractivity contribution in [3.05, 3.63) is 65.5 Å². The lowest BCUT2D eigenvalue weighted by atomic mass is 10.0. The Morgan fingerprint density at radius 3 is 2.66 bits per heavy atom. The number of piperidine rings is 1. The maximum atomic E-state index is 13.3. The molecule has 3 aliphatic heterocycles. The zero-order valence-corrected chi connectivity index (χ0v) is 22.7. The van der Waals surface area contributed by atoms with Crippen LogP contribution in [0.2, 0.25) is 0 Å². The van der Waals surface area contributed by atoms with Gasteiger partial charge >= 0.3 is 0 Å². The van der Waals surface area contributed by atoms with Crippen LogP contribution in [0.5, 0.6) is 0 Å². The van der Waals surface area contributed by atoms with E-state index in [2.05, 4.69) is 51.1 Å². The lowest BCUT2D eigenvalue weighted by Crippen LogP contribution is -2.56. The highest BCUT2D eigenvalue weighted by atomic mass is 16.2. The molecule has 1 unspecified atom stereocenters. The molecule has 2 fully saturated rings. The summed E-state index contributed by atoms with van der Waals surface area (Å²) >= 11 is 0. The standard InChI is InChI=1S/C30H40N6O2/c1-4-27(37)35-15-9-6-10-25(20-35)36-28-21(2)16-23(19-34-13-7-5-8-14-34)18-26(28)32-30(36)33-29(38)24-11-12-31-22(3)17-24/h4,11-12,16-18,25,30,32H,1,5-10,13-15,19-20H2,2-3H3,(H,33,38)/t25-,30?/m1/s1. The van der Waals surface area contributed by atoms with Crippen molar-refractivity contribution >= 4 is 23.2 Å². The van der Waals surface area contributed by atoms with Gasteiger partial charge in [-0.1, -0.05) is 19.1 Å². The van der Waals surface area contributed by atoms with E-state index in [1.54, 1.807) is 18.3 Å². The summed E-state index contributed by atoms with van der Waals surface area (Å²) in [6.45, 7) is 12.3. The zero-order chi connectivity index (χ0) is 26.6. The van der Waals surface area contributed by atoms with E-state index in [9.17, 15) is 9.59 Å². The Bertz CT molecular complexity index is 1190. The average Bonchev–Trinajstić information content (AvgIpc) is 3.09. The van der Waals surface area contributed by atoms with Crippen molar-refractivity contribution in [2.45, 2.75) is 71.2 Å². The molecule has 5 rings (SSSR count). The number of carbonyl (C=O) groups is 2. The zero-order valence-electron chi connectivity index (χ0n) is 22.7. The van der Waals surface area contributed by atoms with E-state index in [1.807, 2.05) is 11.8 Å². The van der Waals surface area contributed by atoms with Crippen LogP contribution in [0.4, 0.5) is 11.4 Å². The third-order valence-corrected chi connectivity index (χ3v) is 8.00. The molecule has 2 amide bonds. The molecular weight excluding hydrogens is 476 g/mol. The summed E-state index contributed by atoms with van der Waals surface area (Å²) in [6, 6.07) is 8.15. The predicted octanol–water partition coefficient (Wildman–Crippen LogP) is 4.20. The molecule has 202 valence electrons. The first-order valence-corrected chi connectivity index (χ1v) is 14.0. The molecule has 1 aromatic carbocycles. The first-order chi connectivity index (χ1) is 18.4. The minimum absolute atomic E-state index is 0.0364. The fraction of sp³-hybridized carbons (Fsp3) is 0.500. The molecule has 0 spiro atoms. The van der Waals surface area contributed by atoms with Crippen molar-refractivity contribution in [2.24, 2.45) is 0 Å². The molecule has 0 aliphatic carbocycles. The maximum Gasteiger partial charge on any atom is 0.254 e. The summed E-state index contributed by atoms with van der Waals surface area (Å²) in [5.74, 6) is -0.185. The topological polar surface area (TPSA) is 80.8 Å². The van der Waals surface area contributed by atoms with E-state index in [-0.39, 0.29) is 17.9 Å². The highest BCUT2D eigenvalue weighted by Crippen LogP contribution is 2.41. The maximum absolute atomic E-state index is 13.3. The summed E-state index contributed by atoms with van der Waals surface area (Å²) in [4.78, 5) is 36.9. The SMILES string of the molecule is C=CC(=O)N1CCCC[C@@H](N2c3c(C)cc(CN4CCCCC4)cc3NC2NC(=O)c2ccnc(C)c2)C1. The van der Waals surface area contributed by atoms with Crippen molar-refractivity contribution < 1.29 is 9.59 Å². The molecule has 2 N–H and O–H groups in total. The number of hydrogen-bond acceptors (Lipinski definition) is 6. The summed E-state index contributed by atoms with van der Waals surface area (Å²) in [5.41, 5.74) is 6.02. The van der Waals surface area contributed by atoms with Crippen molar-refractivity contribution in [3.63, 3.8) is 0 Å². The number of nitrogens with one attached hydrogen (secondary N) is 2. The van der Waals surface area contributed by atoms with E-state index in [1.165, 1.54) is 36.5 Å². The van der Waals surface area contributed by atoms with Gasteiger partial charge in [-0.3, -0.25) is 19.5 Å². The molecule has 2 aromatic rings. The predicted molar refractivity (Wildman–Crippen MR) is 151 cm³/mol. The van der Waals surface area contributed by atoms with Crippen molar-refractivity contribution in [2.75, 3.05) is 36.4 Å². The van der Waals surface area contributed by atoms with Gasteiger partial charge in [0.2, 0.25) is 5.91 Å². The molecule has 4 heterocycles. The van der Waals surface area contributed by atoms with Gasteiger partial charge in [0.15, 0.2) is 6.29 Å². The Labute approximate surface area is 226 Å². The molecule has 2 saturated heterocycles. The van der Waals surface area contributed by atoms with Gasteiger partial charge in [-0.05, 0) is 94.4 Å². The number of fused-ring (bicyclic) bond motifs is 1. The lowest BCUT2D eigenvalue weighted by Gasteiger charge is -2.37. The molecular formula is C30H40N6O2. The normalized spacial score (nSPS) is 21.8. The fourth-order valence-electron chi connectivity index (χ4n) is 6.19. The van der Waals surface area contributed by atoms with Crippen LogP contribution >= 0.6 is 0 Å². The summed E-state index contributed by atoms with van der Waals surface area (Å²) < 4.78 is 0. The number of benzene rings is 1. The first-order valence-electron chi connectivity index (χ1n) is 14.0. The summed E-state index contributed by atoms with van der Waals surface area (Å²) in [7, 11) is 0. The van der Waals surface area contributed by atoms with E-state index < -0.39 is 6.29 Å². The largest absolute Gasteiger partial charge is 0.347 e. The van der Waals surface area contributed by atoms with Gasteiger partial charge in [0.05, 0.1) is 17.4 Å². The number of pyridine rings is 1. The van der Waals surface area contributed by atoms with Gasteiger partial charge in [0.25, 0.3) is 5.91 Å². The Balaban J connectivity index is 1.46. The van der Waals surface area contributed by atoms with Crippen molar-refractivity contribution in [3.8, 4) is 0 Å². The number of carbonyl (C=O) groups excluding carboxylic acids is 2. The lowest BCUT2D eigenvalue weighted by molar-refractivity contribution is -0.126. The second kappa shape index (κ2) is 11.6. The molecule has 1 aromatic heterocycles. The Morgan fingerprint density at radius 2 is 1.89 bits per heavy atom. The molecule has 2 atom stereocenters. The number of anilines is 2. The first kappa shape index (κ1) is 26.2. The summed E-state index contributed by atoms with van der Waals surface area (Å²) in [6.07, 6.45) is 9.43. The molecule has 38 heavy (non-hydrogen) atoms. The number of likely N-dealkylation sites (tertiary alicyclic amines) is 2. The van der Waals surface area contributed by atoms with Gasteiger partial charge in [-0.15, -0.1) is 0 Å². The number of aryl methyl sites for hydroxylation is 2. The third-order valence-electron chi connectivity index (χ3n) is 8.00. The molecule has 0 bridgehead atoms. The van der Waals surface area contributed by atoms with Gasteiger partial charge in [0, 0.05) is 37.1 Å². The van der Waals surface area contributed by atoms with Crippen molar-refractivity contribution in [1.82, 2.24) is 20.1 Å². The van der Waals surface area contributed by atoms with Gasteiger partial charge in [-0.2, -0.15) is 0 Å². The Morgan fingerprint density at radius 1 is 1.11 bits per heavy atom. The monoisotopic (exact) mass is 516 g/mol. The smallest absolute Gasteiger partial charge is 0.254 e. The van der Waals surface area contributed by atoms with Gasteiger partial charge in [-0.25, -0.2) is 0 Å². The van der Waals surface area contributed by atoms with Crippen LogP contribution in [0, 0.1) is 13.8 Å². The van der Waals surface area contributed by atoms with E-state index in [0.29, 0.717) is 12.1 Å². The number of aromatic nitrogens is 1. The number of amides is 2. The summed E-state index contributed by atoms with van der Waals surface area (Å²) in [5, 5.41) is 6.87. The average molecular weight is 517 g/mol. The van der Waals surface area contributed by atoms with Crippen LogP contribution in [0.15, 0.2) is 43.1 Å². The van der Waals surface area contributed by atoms with Crippen LogP contribution in [0.1, 0.15) is 65.7 Å². The molecule has 8 nitrogen and oxygen atoms in total. The Kier molecular flexibility index (Phi) is 7.98. The van der Waals surface area contributed by atoms with Gasteiger partial charge < -0.3 is 20.4 Å². The van der Waals surface area contributed by atoms with Crippen LogP contribution in [-0.4, -0.2) is 65.1 Å². The van der Waals surface area contributed by atoms with E-state index in [0.717, 1.165) is 62.5 Å². The minimum atomic E-state index is -0.418. The molecule has 0 radical (unpaired) electrons. The van der Waals surface area contributed by atoms with Crippen molar-refractivity contribution in [1.29, 1.82) is 0 Å². The second-order valence-electron chi connectivity index (χ2n) is 10.9. The molecule has 8 heteroatoms. The van der Waals surface area contributed by atoms with Crippen LogP contribution in [0.25, 0.3) is 0 Å². The van der Waals surface area contributed by atoms with Crippen LogP contribution in [-0.2, 0) is 11.3 Å². The molecule has 3 aliphatic rings. The quantitative estimate of drug-likeness (QED) is 0.561. The highest BCUT2D eigenvalue weighted by molar-refractivity contribution is 5.95. The van der Waals surface area contributed by atoms with Gasteiger partial charge in [0.1, 0.15) is 0 Å². The van der Waals surface area contributed by atoms with Crippen LogP contribution < -0.4 is 15.5 Å². The minimum Gasteiger partial charge on any atom is -0.347 e.